The highest BCUT2D eigenvalue weighted by atomic mass is 16.7. The third-order valence-electron chi connectivity index (χ3n) is 4.26. The molecule has 2 atom stereocenters. The summed E-state index contributed by atoms with van der Waals surface area (Å²) in [5.41, 5.74) is 2.28. The highest BCUT2D eigenvalue weighted by Crippen LogP contribution is 2.47. The zero-order valence-electron chi connectivity index (χ0n) is 12.1. The fourth-order valence-corrected chi connectivity index (χ4v) is 2.92. The summed E-state index contributed by atoms with van der Waals surface area (Å²) >= 11 is 0. The van der Waals surface area contributed by atoms with Crippen LogP contribution in [0.5, 0.6) is 11.5 Å². The van der Waals surface area contributed by atoms with Crippen molar-refractivity contribution in [3.8, 4) is 11.5 Å². The Kier molecular flexibility index (Phi) is 3.22. The maximum Gasteiger partial charge on any atom is 0.231 e. The predicted molar refractivity (Wildman–Crippen MR) is 81.7 cm³/mol. The molecule has 0 saturated heterocycles. The van der Waals surface area contributed by atoms with Crippen molar-refractivity contribution in [2.45, 2.75) is 18.9 Å². The first kappa shape index (κ1) is 13.2. The molecule has 1 saturated carbocycles. The standard InChI is InChI=1S/C18H17NO3/c20-18(15-9-14(15)13-4-2-1-3-5-13)19-10-12-6-7-16-17(8-12)22-11-21-16/h1-8,14-15H,9-11H2,(H,19,20)/t14-,15+/m0/s1. The van der Waals surface area contributed by atoms with Crippen LogP contribution >= 0.6 is 0 Å². The summed E-state index contributed by atoms with van der Waals surface area (Å²) in [7, 11) is 0. The molecule has 1 heterocycles. The predicted octanol–water partition coefficient (Wildman–Crippen LogP) is 2.84. The lowest BCUT2D eigenvalue weighted by atomic mass is 10.1. The van der Waals surface area contributed by atoms with E-state index in [1.165, 1.54) is 5.56 Å². The quantitative estimate of drug-likeness (QED) is 0.943. The van der Waals surface area contributed by atoms with Gasteiger partial charge in [0.05, 0.1) is 0 Å². The molecule has 0 spiro atoms. The smallest absolute Gasteiger partial charge is 0.231 e. The molecular formula is C18H17NO3. The third kappa shape index (κ3) is 2.52. The van der Waals surface area contributed by atoms with Crippen molar-refractivity contribution in [3.05, 3.63) is 59.7 Å². The maximum absolute atomic E-state index is 12.2. The number of rotatable bonds is 4. The van der Waals surface area contributed by atoms with Crippen molar-refractivity contribution in [2.24, 2.45) is 5.92 Å². The topological polar surface area (TPSA) is 47.6 Å². The second kappa shape index (κ2) is 5.37. The summed E-state index contributed by atoms with van der Waals surface area (Å²) in [5.74, 6) is 2.13. The van der Waals surface area contributed by atoms with Crippen LogP contribution in [0, 0.1) is 5.92 Å². The molecule has 0 aromatic heterocycles. The van der Waals surface area contributed by atoms with E-state index in [9.17, 15) is 4.79 Å². The molecule has 1 aliphatic carbocycles. The second-order valence-corrected chi connectivity index (χ2v) is 5.76. The Balaban J connectivity index is 1.34. The number of nitrogens with one attached hydrogen (secondary N) is 1. The minimum absolute atomic E-state index is 0.108. The molecule has 112 valence electrons. The molecule has 1 fully saturated rings. The molecule has 0 unspecified atom stereocenters. The van der Waals surface area contributed by atoms with Crippen molar-refractivity contribution < 1.29 is 14.3 Å². The first-order chi connectivity index (χ1) is 10.8. The molecule has 22 heavy (non-hydrogen) atoms. The van der Waals surface area contributed by atoms with Crippen molar-refractivity contribution in [1.82, 2.24) is 5.32 Å². The van der Waals surface area contributed by atoms with Gasteiger partial charge in [-0.25, -0.2) is 0 Å². The minimum atomic E-state index is 0.108. The fourth-order valence-electron chi connectivity index (χ4n) is 2.92. The lowest BCUT2D eigenvalue weighted by molar-refractivity contribution is -0.122. The van der Waals surface area contributed by atoms with Gasteiger partial charge in [0.15, 0.2) is 11.5 Å². The Morgan fingerprint density at radius 2 is 1.91 bits per heavy atom. The van der Waals surface area contributed by atoms with E-state index in [2.05, 4.69) is 17.4 Å². The lowest BCUT2D eigenvalue weighted by Gasteiger charge is -2.06. The minimum Gasteiger partial charge on any atom is -0.454 e. The summed E-state index contributed by atoms with van der Waals surface area (Å²) in [5, 5.41) is 3.02. The van der Waals surface area contributed by atoms with Gasteiger partial charge in [0.1, 0.15) is 0 Å². The number of amides is 1. The largest absolute Gasteiger partial charge is 0.454 e. The maximum atomic E-state index is 12.2. The third-order valence-corrected chi connectivity index (χ3v) is 4.26. The number of benzene rings is 2. The summed E-state index contributed by atoms with van der Waals surface area (Å²) in [4.78, 5) is 12.2. The molecule has 1 aliphatic heterocycles. The van der Waals surface area contributed by atoms with Crippen molar-refractivity contribution in [3.63, 3.8) is 0 Å². The van der Waals surface area contributed by atoms with E-state index in [-0.39, 0.29) is 18.6 Å². The number of carbonyl (C=O) groups is 1. The van der Waals surface area contributed by atoms with Gasteiger partial charge in [0.2, 0.25) is 12.7 Å². The summed E-state index contributed by atoms with van der Waals surface area (Å²) in [6, 6.07) is 16.0. The lowest BCUT2D eigenvalue weighted by Crippen LogP contribution is -2.24. The molecule has 0 radical (unpaired) electrons. The van der Waals surface area contributed by atoms with Crippen LogP contribution in [-0.2, 0) is 11.3 Å². The second-order valence-electron chi connectivity index (χ2n) is 5.76. The van der Waals surface area contributed by atoms with E-state index in [0.717, 1.165) is 23.5 Å². The van der Waals surface area contributed by atoms with Gasteiger partial charge in [0.25, 0.3) is 0 Å². The summed E-state index contributed by atoms with van der Waals surface area (Å²) < 4.78 is 10.6. The molecule has 2 aromatic carbocycles. The molecule has 4 nitrogen and oxygen atoms in total. The highest BCUT2D eigenvalue weighted by Gasteiger charge is 2.43. The molecule has 4 heteroatoms. The Morgan fingerprint density at radius 1 is 1.09 bits per heavy atom. The molecule has 2 aliphatic rings. The van der Waals surface area contributed by atoms with Crippen LogP contribution in [0.4, 0.5) is 0 Å². The van der Waals surface area contributed by atoms with Gasteiger partial charge in [-0.3, -0.25) is 4.79 Å². The Morgan fingerprint density at radius 3 is 2.77 bits per heavy atom. The first-order valence-corrected chi connectivity index (χ1v) is 7.52. The van der Waals surface area contributed by atoms with Gasteiger partial charge in [-0.05, 0) is 35.6 Å². The molecule has 0 bridgehead atoms. The number of ether oxygens (including phenoxy) is 2. The van der Waals surface area contributed by atoms with Gasteiger partial charge in [-0.2, -0.15) is 0 Å². The van der Waals surface area contributed by atoms with E-state index in [1.54, 1.807) is 0 Å². The zero-order valence-corrected chi connectivity index (χ0v) is 12.1. The van der Waals surface area contributed by atoms with Crippen LogP contribution in [0.15, 0.2) is 48.5 Å². The number of hydrogen-bond acceptors (Lipinski definition) is 3. The van der Waals surface area contributed by atoms with Crippen LogP contribution in [-0.4, -0.2) is 12.7 Å². The molecule has 4 rings (SSSR count). The average molecular weight is 295 g/mol. The van der Waals surface area contributed by atoms with Gasteiger partial charge in [-0.1, -0.05) is 36.4 Å². The molecule has 1 N–H and O–H groups in total. The summed E-state index contributed by atoms with van der Waals surface area (Å²) in [6.45, 7) is 0.791. The van der Waals surface area contributed by atoms with Crippen LogP contribution in [0.1, 0.15) is 23.5 Å². The van der Waals surface area contributed by atoms with E-state index < -0.39 is 0 Å². The normalized spacial score (nSPS) is 21.5. The van der Waals surface area contributed by atoms with E-state index in [4.69, 9.17) is 9.47 Å². The van der Waals surface area contributed by atoms with Gasteiger partial charge in [0, 0.05) is 12.5 Å². The van der Waals surface area contributed by atoms with Crippen LogP contribution in [0.25, 0.3) is 0 Å². The Labute approximate surface area is 129 Å². The van der Waals surface area contributed by atoms with Crippen LogP contribution in [0.3, 0.4) is 0 Å². The number of hydrogen-bond donors (Lipinski definition) is 1. The van der Waals surface area contributed by atoms with Gasteiger partial charge >= 0.3 is 0 Å². The molecule has 1 amide bonds. The molecular weight excluding hydrogens is 278 g/mol. The SMILES string of the molecule is O=C(NCc1ccc2c(c1)OCO2)[C@@H]1C[C@H]1c1ccccc1. The van der Waals surface area contributed by atoms with Crippen LogP contribution < -0.4 is 14.8 Å². The Hall–Kier alpha value is -2.49. The van der Waals surface area contributed by atoms with Gasteiger partial charge in [-0.15, -0.1) is 0 Å². The molecule has 2 aromatic rings. The van der Waals surface area contributed by atoms with E-state index in [1.807, 2.05) is 36.4 Å². The fraction of sp³-hybridized carbons (Fsp3) is 0.278. The first-order valence-electron chi connectivity index (χ1n) is 7.52. The Bertz CT molecular complexity index is 699. The average Bonchev–Trinajstić information content (AvgIpc) is 3.23. The zero-order chi connectivity index (χ0) is 14.9. The van der Waals surface area contributed by atoms with Gasteiger partial charge < -0.3 is 14.8 Å². The van der Waals surface area contributed by atoms with Crippen molar-refractivity contribution in [1.29, 1.82) is 0 Å². The van der Waals surface area contributed by atoms with Crippen LogP contribution in [0.2, 0.25) is 0 Å². The number of fused-ring (bicyclic) bond motifs is 1. The summed E-state index contributed by atoms with van der Waals surface area (Å²) in [6.07, 6.45) is 0.941. The van der Waals surface area contributed by atoms with Crippen molar-refractivity contribution >= 4 is 5.91 Å². The van der Waals surface area contributed by atoms with E-state index >= 15 is 0 Å². The van der Waals surface area contributed by atoms with E-state index in [0.29, 0.717) is 12.5 Å². The monoisotopic (exact) mass is 295 g/mol. The highest BCUT2D eigenvalue weighted by molar-refractivity contribution is 5.82. The van der Waals surface area contributed by atoms with Crippen molar-refractivity contribution in [2.75, 3.05) is 6.79 Å². The number of carbonyl (C=O) groups excluding carboxylic acids is 1.